The smallest absolute Gasteiger partial charge is 0.255 e. The van der Waals surface area contributed by atoms with Crippen molar-refractivity contribution in [2.24, 2.45) is 0 Å². The molecule has 0 aliphatic rings. The Morgan fingerprint density at radius 2 is 1.93 bits per heavy atom. The number of ether oxygens (including phenoxy) is 1. The minimum absolute atomic E-state index is 0.469. The number of aryl methyl sites for hydroxylation is 2. The molecule has 0 amide bonds. The Morgan fingerprint density at radius 3 is 2.73 bits per heavy atom. The fourth-order valence-electron chi connectivity index (χ4n) is 3.57. The van der Waals surface area contributed by atoms with E-state index in [0.717, 1.165) is 50.1 Å². The van der Waals surface area contributed by atoms with Crippen LogP contribution in [-0.4, -0.2) is 36.7 Å². The zero-order valence-corrected chi connectivity index (χ0v) is 17.6. The summed E-state index contributed by atoms with van der Waals surface area (Å²) in [6, 6.07) is 10.0. The van der Waals surface area contributed by atoms with Crippen LogP contribution >= 0.6 is 11.3 Å². The summed E-state index contributed by atoms with van der Waals surface area (Å²) in [5.41, 5.74) is 4.14. The molecule has 9 heteroatoms. The second-order valence-corrected chi connectivity index (χ2v) is 7.78. The Bertz CT molecular complexity index is 1360. The van der Waals surface area contributed by atoms with Gasteiger partial charge < -0.3 is 10.1 Å². The van der Waals surface area contributed by atoms with Crippen molar-refractivity contribution in [2.75, 3.05) is 12.4 Å². The monoisotopic (exact) mass is 417 g/mol. The van der Waals surface area contributed by atoms with Gasteiger partial charge in [-0.1, -0.05) is 12.1 Å². The van der Waals surface area contributed by atoms with Crippen LogP contribution in [0.2, 0.25) is 0 Å². The van der Waals surface area contributed by atoms with Crippen molar-refractivity contribution in [3.63, 3.8) is 0 Å². The molecule has 0 radical (unpaired) electrons. The maximum Gasteiger partial charge on any atom is 0.255 e. The molecule has 1 aromatic carbocycles. The van der Waals surface area contributed by atoms with Crippen LogP contribution in [0.15, 0.2) is 42.0 Å². The first-order chi connectivity index (χ1) is 14.6. The van der Waals surface area contributed by atoms with Crippen LogP contribution in [0.1, 0.15) is 17.2 Å². The molecule has 5 rings (SSSR count). The summed E-state index contributed by atoms with van der Waals surface area (Å²) < 4.78 is 7.23. The summed E-state index contributed by atoms with van der Waals surface area (Å²) in [5, 5.41) is 15.0. The lowest BCUT2D eigenvalue weighted by Crippen LogP contribution is -2.08. The molecule has 150 valence electrons. The van der Waals surface area contributed by atoms with Gasteiger partial charge in [0.15, 0.2) is 5.82 Å². The van der Waals surface area contributed by atoms with Gasteiger partial charge in [-0.15, -0.1) is 21.5 Å². The van der Waals surface area contributed by atoms with Gasteiger partial charge in [-0.25, -0.2) is 15.0 Å². The third-order valence-electron chi connectivity index (χ3n) is 4.95. The van der Waals surface area contributed by atoms with Crippen LogP contribution in [0.3, 0.4) is 0 Å². The summed E-state index contributed by atoms with van der Waals surface area (Å²) in [6.45, 7) is 4.45. The predicted octanol–water partition coefficient (Wildman–Crippen LogP) is 4.03. The molecule has 0 spiro atoms. The lowest BCUT2D eigenvalue weighted by atomic mass is 10.1. The van der Waals surface area contributed by atoms with Crippen LogP contribution in [0.25, 0.3) is 27.1 Å². The summed E-state index contributed by atoms with van der Waals surface area (Å²) >= 11 is 1.60. The number of rotatable bonds is 5. The van der Waals surface area contributed by atoms with Crippen molar-refractivity contribution in [3.05, 3.63) is 59.3 Å². The van der Waals surface area contributed by atoms with Crippen molar-refractivity contribution in [2.45, 2.75) is 20.4 Å². The molecule has 0 atom stereocenters. The second-order valence-electron chi connectivity index (χ2n) is 6.92. The summed E-state index contributed by atoms with van der Waals surface area (Å²) in [4.78, 5) is 14.3. The number of nitrogens with one attached hydrogen (secondary N) is 1. The lowest BCUT2D eigenvalue weighted by Gasteiger charge is -2.09. The number of thiophene rings is 1. The van der Waals surface area contributed by atoms with Gasteiger partial charge in [-0.3, -0.25) is 4.40 Å². The Balaban J connectivity index is 1.51. The molecular weight excluding hydrogens is 398 g/mol. The van der Waals surface area contributed by atoms with E-state index in [1.165, 1.54) is 0 Å². The van der Waals surface area contributed by atoms with Gasteiger partial charge in [0, 0.05) is 22.3 Å². The Hall–Kier alpha value is -3.59. The summed E-state index contributed by atoms with van der Waals surface area (Å²) in [7, 11) is 1.66. The highest BCUT2D eigenvalue weighted by Crippen LogP contribution is 2.37. The standard InChI is InChI=1S/C21H19N7OS/c1-12-8-13(2)28-17(26-27-21(28)25-12)9-22-19-18-16(10-30-20(18)24-11-23-19)14-4-6-15(29-3)7-5-14/h4-8,10-11H,9H2,1-3H3,(H,22,23,24). The van der Waals surface area contributed by atoms with Crippen LogP contribution in [-0.2, 0) is 6.54 Å². The van der Waals surface area contributed by atoms with E-state index in [0.29, 0.717) is 12.3 Å². The molecule has 0 aliphatic heterocycles. The highest BCUT2D eigenvalue weighted by Gasteiger charge is 2.15. The average Bonchev–Trinajstić information content (AvgIpc) is 3.37. The third-order valence-corrected chi connectivity index (χ3v) is 5.83. The minimum Gasteiger partial charge on any atom is -0.497 e. The molecule has 4 heterocycles. The predicted molar refractivity (Wildman–Crippen MR) is 117 cm³/mol. The SMILES string of the molecule is COc1ccc(-c2csc3ncnc(NCc4nnc5nc(C)cc(C)n45)c23)cc1. The molecule has 5 aromatic rings. The van der Waals surface area contributed by atoms with Gasteiger partial charge in [-0.2, -0.15) is 0 Å². The maximum absolute atomic E-state index is 5.28. The zero-order chi connectivity index (χ0) is 20.7. The van der Waals surface area contributed by atoms with E-state index in [-0.39, 0.29) is 0 Å². The normalized spacial score (nSPS) is 11.3. The molecule has 8 nitrogen and oxygen atoms in total. The second kappa shape index (κ2) is 7.34. The van der Waals surface area contributed by atoms with Gasteiger partial charge in [0.2, 0.25) is 0 Å². The van der Waals surface area contributed by atoms with Crippen molar-refractivity contribution in [1.29, 1.82) is 0 Å². The number of anilines is 1. The molecule has 0 saturated carbocycles. The Labute approximate surface area is 176 Å². The summed E-state index contributed by atoms with van der Waals surface area (Å²) in [6.07, 6.45) is 1.58. The number of hydrogen-bond donors (Lipinski definition) is 1. The van der Waals surface area contributed by atoms with E-state index in [1.54, 1.807) is 24.8 Å². The van der Waals surface area contributed by atoms with Crippen molar-refractivity contribution in [3.8, 4) is 16.9 Å². The molecule has 0 fully saturated rings. The number of fused-ring (bicyclic) bond motifs is 2. The Kier molecular flexibility index (Phi) is 4.51. The van der Waals surface area contributed by atoms with Gasteiger partial charge >= 0.3 is 0 Å². The fourth-order valence-corrected chi connectivity index (χ4v) is 4.48. The highest BCUT2D eigenvalue weighted by molar-refractivity contribution is 7.17. The third kappa shape index (κ3) is 3.13. The van der Waals surface area contributed by atoms with Crippen LogP contribution in [0.4, 0.5) is 5.82 Å². The fraction of sp³-hybridized carbons (Fsp3) is 0.190. The number of hydrogen-bond acceptors (Lipinski definition) is 8. The average molecular weight is 417 g/mol. The first-order valence-corrected chi connectivity index (χ1v) is 10.3. The molecule has 0 saturated heterocycles. The Morgan fingerprint density at radius 1 is 1.10 bits per heavy atom. The topological polar surface area (TPSA) is 90.1 Å². The number of aromatic nitrogens is 6. The molecule has 0 aliphatic carbocycles. The zero-order valence-electron chi connectivity index (χ0n) is 16.7. The van der Waals surface area contributed by atoms with Crippen LogP contribution in [0.5, 0.6) is 5.75 Å². The van der Waals surface area contributed by atoms with Crippen molar-refractivity contribution >= 4 is 33.1 Å². The number of nitrogens with zero attached hydrogens (tertiary/aromatic N) is 6. The molecule has 0 unspecified atom stereocenters. The molecule has 4 aromatic heterocycles. The van der Waals surface area contributed by atoms with Gasteiger partial charge in [-0.05, 0) is 37.6 Å². The first kappa shape index (κ1) is 18.4. The molecule has 0 bridgehead atoms. The van der Waals surface area contributed by atoms with Gasteiger partial charge in [0.05, 0.1) is 19.0 Å². The van der Waals surface area contributed by atoms with Crippen molar-refractivity contribution in [1.82, 2.24) is 29.5 Å². The first-order valence-electron chi connectivity index (χ1n) is 9.43. The van der Waals surface area contributed by atoms with Crippen LogP contribution < -0.4 is 10.1 Å². The molecule has 30 heavy (non-hydrogen) atoms. The van der Waals surface area contributed by atoms with E-state index >= 15 is 0 Å². The van der Waals surface area contributed by atoms with E-state index in [2.05, 4.69) is 35.8 Å². The van der Waals surface area contributed by atoms with E-state index in [1.807, 2.05) is 48.6 Å². The quantitative estimate of drug-likeness (QED) is 0.462. The number of methoxy groups -OCH3 is 1. The van der Waals surface area contributed by atoms with Crippen molar-refractivity contribution < 1.29 is 4.74 Å². The van der Waals surface area contributed by atoms with E-state index < -0.39 is 0 Å². The minimum atomic E-state index is 0.469. The van der Waals surface area contributed by atoms with Gasteiger partial charge in [0.1, 0.15) is 22.7 Å². The lowest BCUT2D eigenvalue weighted by molar-refractivity contribution is 0.415. The molecular formula is C21H19N7OS. The number of benzene rings is 1. The van der Waals surface area contributed by atoms with E-state index in [9.17, 15) is 0 Å². The van der Waals surface area contributed by atoms with Gasteiger partial charge in [0.25, 0.3) is 5.78 Å². The largest absolute Gasteiger partial charge is 0.497 e. The highest BCUT2D eigenvalue weighted by atomic mass is 32.1. The van der Waals surface area contributed by atoms with Crippen LogP contribution in [0, 0.1) is 13.8 Å². The maximum atomic E-state index is 5.28. The molecule has 1 N–H and O–H groups in total. The summed E-state index contributed by atoms with van der Waals surface area (Å²) in [5.74, 6) is 2.97. The van der Waals surface area contributed by atoms with E-state index in [4.69, 9.17) is 4.74 Å².